The van der Waals surface area contributed by atoms with Gasteiger partial charge in [0, 0.05) is 18.1 Å². The lowest BCUT2D eigenvalue weighted by atomic mass is 10.1. The van der Waals surface area contributed by atoms with Gasteiger partial charge in [-0.2, -0.15) is 0 Å². The van der Waals surface area contributed by atoms with Gasteiger partial charge < -0.3 is 14.4 Å². The number of carbonyl (C=O) groups is 1. The number of likely N-dealkylation sites (tertiary alicyclic amines) is 1. The molecule has 1 atom stereocenters. The lowest BCUT2D eigenvalue weighted by Gasteiger charge is -2.29. The Hall–Kier alpha value is -2.04. The van der Waals surface area contributed by atoms with Crippen LogP contribution in [0.5, 0.6) is 5.75 Å². The van der Waals surface area contributed by atoms with Crippen LogP contribution in [-0.4, -0.2) is 43.2 Å². The Labute approximate surface area is 166 Å². The highest BCUT2D eigenvalue weighted by Gasteiger charge is 2.24. The van der Waals surface area contributed by atoms with Gasteiger partial charge in [0.2, 0.25) is 0 Å². The van der Waals surface area contributed by atoms with E-state index in [2.05, 4.69) is 11.9 Å². The van der Waals surface area contributed by atoms with Crippen LogP contribution in [0.15, 0.2) is 48.5 Å². The molecule has 5 heteroatoms. The number of benzene rings is 2. The molecular formula is C22H26ClNO3. The predicted octanol–water partition coefficient (Wildman–Crippen LogP) is 4.34. The monoisotopic (exact) mass is 387 g/mol. The summed E-state index contributed by atoms with van der Waals surface area (Å²) in [6.07, 6.45) is 1.97. The molecule has 0 unspecified atom stereocenters. The molecule has 1 aliphatic heterocycles. The summed E-state index contributed by atoms with van der Waals surface area (Å²) >= 11 is 5.92. The van der Waals surface area contributed by atoms with Gasteiger partial charge in [0.15, 0.2) is 6.10 Å². The van der Waals surface area contributed by atoms with Crippen molar-refractivity contribution in [2.75, 3.05) is 20.1 Å². The van der Waals surface area contributed by atoms with Gasteiger partial charge in [0.05, 0.1) is 0 Å². The summed E-state index contributed by atoms with van der Waals surface area (Å²) in [5.74, 6) is 0.373. The molecule has 0 bridgehead atoms. The lowest BCUT2D eigenvalue weighted by Crippen LogP contribution is -2.38. The lowest BCUT2D eigenvalue weighted by molar-refractivity contribution is -0.158. The van der Waals surface area contributed by atoms with E-state index < -0.39 is 6.10 Å². The molecule has 1 aliphatic rings. The maximum atomic E-state index is 12.3. The van der Waals surface area contributed by atoms with Crippen LogP contribution in [0.25, 0.3) is 0 Å². The van der Waals surface area contributed by atoms with Crippen LogP contribution in [0.1, 0.15) is 30.9 Å². The Morgan fingerprint density at radius 2 is 1.63 bits per heavy atom. The van der Waals surface area contributed by atoms with Gasteiger partial charge in [0.1, 0.15) is 11.9 Å². The average Bonchev–Trinajstić information content (AvgIpc) is 2.67. The third-order valence-electron chi connectivity index (χ3n) is 4.84. The maximum absolute atomic E-state index is 12.3. The van der Waals surface area contributed by atoms with Crippen molar-refractivity contribution in [1.82, 2.24) is 4.90 Å². The van der Waals surface area contributed by atoms with Gasteiger partial charge >= 0.3 is 5.97 Å². The highest BCUT2D eigenvalue weighted by Crippen LogP contribution is 2.19. The molecule has 1 heterocycles. The van der Waals surface area contributed by atoms with E-state index in [4.69, 9.17) is 21.1 Å². The Morgan fingerprint density at radius 1 is 1.07 bits per heavy atom. The average molecular weight is 388 g/mol. The number of esters is 1. The fourth-order valence-electron chi connectivity index (χ4n) is 3.14. The SMILES string of the molecule is C[C@H](Oc1ccc(Cc2ccc(Cl)cc2)cc1)C(=O)OC1CCN(C)CC1. The Morgan fingerprint density at radius 3 is 2.22 bits per heavy atom. The third-order valence-corrected chi connectivity index (χ3v) is 5.09. The molecule has 0 radical (unpaired) electrons. The number of halogens is 1. The third kappa shape index (κ3) is 5.98. The highest BCUT2D eigenvalue weighted by molar-refractivity contribution is 6.30. The quantitative estimate of drug-likeness (QED) is 0.691. The van der Waals surface area contributed by atoms with Gasteiger partial charge in [-0.1, -0.05) is 35.9 Å². The highest BCUT2D eigenvalue weighted by atomic mass is 35.5. The fourth-order valence-corrected chi connectivity index (χ4v) is 3.26. The standard InChI is InChI=1S/C22H26ClNO3/c1-16(22(25)27-21-11-13-24(2)14-12-21)26-20-9-5-18(6-10-20)15-17-3-7-19(23)8-4-17/h3-10,16,21H,11-15H2,1-2H3/t16-/m0/s1. The van der Waals surface area contributed by atoms with E-state index in [0.29, 0.717) is 5.75 Å². The molecule has 0 saturated carbocycles. The number of hydrogen-bond donors (Lipinski definition) is 0. The molecule has 144 valence electrons. The van der Waals surface area contributed by atoms with E-state index in [1.807, 2.05) is 48.5 Å². The van der Waals surface area contributed by atoms with Crippen molar-refractivity contribution in [3.05, 3.63) is 64.7 Å². The molecule has 4 nitrogen and oxygen atoms in total. The van der Waals surface area contributed by atoms with Crippen molar-refractivity contribution >= 4 is 17.6 Å². The van der Waals surface area contributed by atoms with E-state index in [9.17, 15) is 4.79 Å². The second-order valence-electron chi connectivity index (χ2n) is 7.15. The smallest absolute Gasteiger partial charge is 0.347 e. The van der Waals surface area contributed by atoms with Crippen LogP contribution < -0.4 is 4.74 Å². The van der Waals surface area contributed by atoms with Gasteiger partial charge in [-0.15, -0.1) is 0 Å². The molecule has 0 spiro atoms. The van der Waals surface area contributed by atoms with Crippen molar-refractivity contribution in [1.29, 1.82) is 0 Å². The zero-order valence-electron chi connectivity index (χ0n) is 15.9. The van der Waals surface area contributed by atoms with Crippen LogP contribution in [0.3, 0.4) is 0 Å². The molecule has 0 aliphatic carbocycles. The normalized spacial score (nSPS) is 16.7. The second-order valence-corrected chi connectivity index (χ2v) is 7.58. The molecule has 0 aromatic heterocycles. The summed E-state index contributed by atoms with van der Waals surface area (Å²) in [5, 5.41) is 0.739. The summed E-state index contributed by atoms with van der Waals surface area (Å²) in [4.78, 5) is 14.5. The number of hydrogen-bond acceptors (Lipinski definition) is 4. The van der Waals surface area contributed by atoms with E-state index in [1.165, 1.54) is 11.1 Å². The van der Waals surface area contributed by atoms with Crippen LogP contribution in [0, 0.1) is 0 Å². The number of carbonyl (C=O) groups excluding carboxylic acids is 1. The van der Waals surface area contributed by atoms with E-state index in [-0.39, 0.29) is 12.1 Å². The van der Waals surface area contributed by atoms with E-state index in [1.54, 1.807) is 6.92 Å². The summed E-state index contributed by atoms with van der Waals surface area (Å²) in [6, 6.07) is 15.6. The summed E-state index contributed by atoms with van der Waals surface area (Å²) in [7, 11) is 2.08. The molecule has 1 fully saturated rings. The molecule has 2 aromatic carbocycles. The van der Waals surface area contributed by atoms with Gasteiger partial charge in [-0.25, -0.2) is 4.79 Å². The van der Waals surface area contributed by atoms with Crippen molar-refractivity contribution in [2.24, 2.45) is 0 Å². The van der Waals surface area contributed by atoms with Crippen LogP contribution in [0.4, 0.5) is 0 Å². The molecule has 27 heavy (non-hydrogen) atoms. The van der Waals surface area contributed by atoms with Crippen molar-refractivity contribution in [3.8, 4) is 5.75 Å². The largest absolute Gasteiger partial charge is 0.479 e. The molecule has 3 rings (SSSR count). The predicted molar refractivity (Wildman–Crippen MR) is 107 cm³/mol. The fraction of sp³-hybridized carbons (Fsp3) is 0.409. The first kappa shape index (κ1) is 19.7. The Balaban J connectivity index is 1.49. The minimum absolute atomic E-state index is 0.00139. The van der Waals surface area contributed by atoms with Crippen molar-refractivity contribution < 1.29 is 14.3 Å². The number of piperidine rings is 1. The van der Waals surface area contributed by atoms with Gasteiger partial charge in [-0.3, -0.25) is 0 Å². The zero-order valence-corrected chi connectivity index (χ0v) is 16.6. The molecule has 0 N–H and O–H groups in total. The van der Waals surface area contributed by atoms with Crippen LogP contribution in [-0.2, 0) is 16.0 Å². The Bertz CT molecular complexity index is 737. The minimum atomic E-state index is -0.619. The van der Waals surface area contributed by atoms with Crippen LogP contribution >= 0.6 is 11.6 Å². The van der Waals surface area contributed by atoms with Gasteiger partial charge in [-0.05, 0) is 68.6 Å². The molecular weight excluding hydrogens is 362 g/mol. The molecule has 0 amide bonds. The number of ether oxygens (including phenoxy) is 2. The first-order chi connectivity index (χ1) is 13.0. The molecule has 1 saturated heterocycles. The Kier molecular flexibility index (Phi) is 6.75. The number of rotatable bonds is 6. The van der Waals surface area contributed by atoms with Crippen LogP contribution in [0.2, 0.25) is 5.02 Å². The number of nitrogens with zero attached hydrogens (tertiary/aromatic N) is 1. The van der Waals surface area contributed by atoms with E-state index in [0.717, 1.165) is 37.4 Å². The zero-order chi connectivity index (χ0) is 19.2. The van der Waals surface area contributed by atoms with Crippen molar-refractivity contribution in [3.63, 3.8) is 0 Å². The summed E-state index contributed by atoms with van der Waals surface area (Å²) < 4.78 is 11.3. The minimum Gasteiger partial charge on any atom is -0.479 e. The topological polar surface area (TPSA) is 38.8 Å². The first-order valence-corrected chi connectivity index (χ1v) is 9.76. The summed E-state index contributed by atoms with van der Waals surface area (Å²) in [6.45, 7) is 3.66. The van der Waals surface area contributed by atoms with E-state index >= 15 is 0 Å². The first-order valence-electron chi connectivity index (χ1n) is 9.38. The maximum Gasteiger partial charge on any atom is 0.347 e. The summed E-state index contributed by atoms with van der Waals surface area (Å²) in [5.41, 5.74) is 2.37. The molecule has 2 aromatic rings. The van der Waals surface area contributed by atoms with Crippen molar-refractivity contribution in [2.45, 2.75) is 38.4 Å². The second kappa shape index (κ2) is 9.25. The van der Waals surface area contributed by atoms with Gasteiger partial charge in [0.25, 0.3) is 0 Å².